The molecule has 1 N–H and O–H groups in total. The summed E-state index contributed by atoms with van der Waals surface area (Å²) in [6.07, 6.45) is 0. The van der Waals surface area contributed by atoms with Crippen LogP contribution in [0.2, 0.25) is 0 Å². The van der Waals surface area contributed by atoms with Crippen LogP contribution in [0.4, 0.5) is 14.5 Å². The summed E-state index contributed by atoms with van der Waals surface area (Å²) in [5, 5.41) is 2.25. The molecule has 0 unspecified atom stereocenters. The van der Waals surface area contributed by atoms with E-state index < -0.39 is 16.9 Å². The summed E-state index contributed by atoms with van der Waals surface area (Å²) in [7, 11) is 3.03. The van der Waals surface area contributed by atoms with Crippen molar-refractivity contribution in [1.29, 1.82) is 0 Å². The molecular formula is C17H17F2NO3S. The molecule has 0 radical (unpaired) electrons. The minimum absolute atomic E-state index is 0.267. The van der Waals surface area contributed by atoms with Crippen LogP contribution in [-0.4, -0.2) is 25.4 Å². The second-order valence-electron chi connectivity index (χ2n) is 4.90. The maximum atomic E-state index is 13.2. The standard InChI is InChI=1S/C17H17F2NO3S/c1-10(24-12-5-6-13(18)14(19)9-12)17(21)20-11-4-7-15(22-2)16(8-11)23-3/h4-10H,1-3H3,(H,20,21)/t10-/m0/s1. The van der Waals surface area contributed by atoms with Crippen LogP contribution in [0.5, 0.6) is 11.5 Å². The largest absolute Gasteiger partial charge is 0.493 e. The monoisotopic (exact) mass is 353 g/mol. The Kier molecular flexibility index (Phi) is 6.03. The molecular weight excluding hydrogens is 336 g/mol. The lowest BCUT2D eigenvalue weighted by atomic mass is 10.2. The van der Waals surface area contributed by atoms with Crippen molar-refractivity contribution >= 4 is 23.4 Å². The first-order valence-electron chi connectivity index (χ1n) is 7.09. The van der Waals surface area contributed by atoms with Crippen LogP contribution in [0, 0.1) is 11.6 Å². The van der Waals surface area contributed by atoms with Crippen LogP contribution in [0.1, 0.15) is 6.92 Å². The molecule has 0 aliphatic rings. The Morgan fingerprint density at radius 2 is 1.75 bits per heavy atom. The van der Waals surface area contributed by atoms with Gasteiger partial charge in [-0.2, -0.15) is 0 Å². The second-order valence-corrected chi connectivity index (χ2v) is 6.31. The van der Waals surface area contributed by atoms with Gasteiger partial charge in [0, 0.05) is 16.6 Å². The number of carbonyl (C=O) groups excluding carboxylic acids is 1. The van der Waals surface area contributed by atoms with Gasteiger partial charge in [0.1, 0.15) is 0 Å². The minimum Gasteiger partial charge on any atom is -0.493 e. The van der Waals surface area contributed by atoms with E-state index in [2.05, 4.69) is 5.32 Å². The average Bonchev–Trinajstić information content (AvgIpc) is 2.57. The van der Waals surface area contributed by atoms with E-state index in [9.17, 15) is 13.6 Å². The Balaban J connectivity index is 2.04. The lowest BCUT2D eigenvalue weighted by Crippen LogP contribution is -2.22. The van der Waals surface area contributed by atoms with E-state index in [-0.39, 0.29) is 5.91 Å². The van der Waals surface area contributed by atoms with Crippen LogP contribution >= 0.6 is 11.8 Å². The zero-order valence-corrected chi connectivity index (χ0v) is 14.2. The molecule has 0 spiro atoms. The molecule has 2 aromatic carbocycles. The first-order chi connectivity index (χ1) is 11.4. The highest BCUT2D eigenvalue weighted by Crippen LogP contribution is 2.30. The molecule has 2 rings (SSSR count). The van der Waals surface area contributed by atoms with Crippen molar-refractivity contribution < 1.29 is 23.0 Å². The van der Waals surface area contributed by atoms with Gasteiger partial charge in [0.25, 0.3) is 0 Å². The fourth-order valence-corrected chi connectivity index (χ4v) is 2.86. The van der Waals surface area contributed by atoms with Crippen LogP contribution in [-0.2, 0) is 4.79 Å². The van der Waals surface area contributed by atoms with E-state index in [4.69, 9.17) is 9.47 Å². The molecule has 2 aromatic rings. The van der Waals surface area contributed by atoms with Crippen molar-refractivity contribution in [3.05, 3.63) is 48.0 Å². The van der Waals surface area contributed by atoms with Crippen molar-refractivity contribution in [3.8, 4) is 11.5 Å². The Hall–Kier alpha value is -2.28. The number of thioether (sulfide) groups is 1. The Morgan fingerprint density at radius 1 is 1.04 bits per heavy atom. The summed E-state index contributed by atoms with van der Waals surface area (Å²) in [4.78, 5) is 12.7. The lowest BCUT2D eigenvalue weighted by Gasteiger charge is -2.14. The predicted octanol–water partition coefficient (Wildman–Crippen LogP) is 4.10. The molecule has 7 heteroatoms. The smallest absolute Gasteiger partial charge is 0.237 e. The highest BCUT2D eigenvalue weighted by atomic mass is 32.2. The van der Waals surface area contributed by atoms with Crippen molar-refractivity contribution in [2.45, 2.75) is 17.1 Å². The molecule has 128 valence electrons. The van der Waals surface area contributed by atoms with E-state index in [1.54, 1.807) is 25.1 Å². The van der Waals surface area contributed by atoms with Gasteiger partial charge in [-0.15, -0.1) is 11.8 Å². The SMILES string of the molecule is COc1ccc(NC(=O)[C@H](C)Sc2ccc(F)c(F)c2)cc1OC. The van der Waals surface area contributed by atoms with E-state index >= 15 is 0 Å². The number of hydrogen-bond acceptors (Lipinski definition) is 4. The van der Waals surface area contributed by atoms with Gasteiger partial charge in [-0.25, -0.2) is 8.78 Å². The molecule has 0 saturated carbocycles. The maximum absolute atomic E-state index is 13.2. The molecule has 0 bridgehead atoms. The van der Waals surface area contributed by atoms with Gasteiger partial charge >= 0.3 is 0 Å². The molecule has 1 atom stereocenters. The minimum atomic E-state index is -0.938. The molecule has 24 heavy (non-hydrogen) atoms. The average molecular weight is 353 g/mol. The second kappa shape index (κ2) is 8.01. The third kappa shape index (κ3) is 4.38. The van der Waals surface area contributed by atoms with E-state index in [0.29, 0.717) is 22.1 Å². The van der Waals surface area contributed by atoms with Gasteiger partial charge in [-0.05, 0) is 37.3 Å². The summed E-state index contributed by atoms with van der Waals surface area (Å²) < 4.78 is 36.5. The Bertz CT molecular complexity index is 740. The van der Waals surface area contributed by atoms with Gasteiger partial charge in [0.2, 0.25) is 5.91 Å². The third-order valence-electron chi connectivity index (χ3n) is 3.22. The lowest BCUT2D eigenvalue weighted by molar-refractivity contribution is -0.115. The number of nitrogens with one attached hydrogen (secondary N) is 1. The number of rotatable bonds is 6. The summed E-state index contributed by atoms with van der Waals surface area (Å²) in [6, 6.07) is 8.56. The molecule has 0 heterocycles. The molecule has 0 aliphatic carbocycles. The number of anilines is 1. The maximum Gasteiger partial charge on any atom is 0.237 e. The zero-order chi connectivity index (χ0) is 17.7. The third-order valence-corrected chi connectivity index (χ3v) is 4.32. The van der Waals surface area contributed by atoms with Gasteiger partial charge in [-0.1, -0.05) is 0 Å². The summed E-state index contributed by atoms with van der Waals surface area (Å²) in [6.45, 7) is 1.68. The molecule has 0 fully saturated rings. The van der Waals surface area contributed by atoms with Crippen LogP contribution in [0.3, 0.4) is 0 Å². The number of halogens is 2. The fraction of sp³-hybridized carbons (Fsp3) is 0.235. The Labute approximate surface area is 143 Å². The van der Waals surface area contributed by atoms with Crippen LogP contribution < -0.4 is 14.8 Å². The number of hydrogen-bond donors (Lipinski definition) is 1. The summed E-state index contributed by atoms with van der Waals surface area (Å²) in [5.74, 6) is -1.07. The highest BCUT2D eigenvalue weighted by Gasteiger charge is 2.16. The van der Waals surface area contributed by atoms with Gasteiger partial charge in [0.15, 0.2) is 23.1 Å². The van der Waals surface area contributed by atoms with E-state index in [1.807, 2.05) is 0 Å². The van der Waals surface area contributed by atoms with Crippen LogP contribution in [0.25, 0.3) is 0 Å². The van der Waals surface area contributed by atoms with Crippen molar-refractivity contribution in [2.75, 3.05) is 19.5 Å². The summed E-state index contributed by atoms with van der Waals surface area (Å²) in [5.41, 5.74) is 0.551. The van der Waals surface area contributed by atoms with Crippen molar-refractivity contribution in [1.82, 2.24) is 0 Å². The normalized spacial score (nSPS) is 11.7. The fourth-order valence-electron chi connectivity index (χ4n) is 1.97. The van der Waals surface area contributed by atoms with Crippen molar-refractivity contribution in [3.63, 3.8) is 0 Å². The number of amides is 1. The number of methoxy groups -OCH3 is 2. The molecule has 1 amide bonds. The quantitative estimate of drug-likeness (QED) is 0.794. The van der Waals surface area contributed by atoms with Crippen molar-refractivity contribution in [2.24, 2.45) is 0 Å². The zero-order valence-electron chi connectivity index (χ0n) is 13.4. The summed E-state index contributed by atoms with van der Waals surface area (Å²) >= 11 is 1.14. The molecule has 0 aliphatic heterocycles. The number of carbonyl (C=O) groups is 1. The van der Waals surface area contributed by atoms with Gasteiger partial charge < -0.3 is 14.8 Å². The topological polar surface area (TPSA) is 47.6 Å². The number of benzene rings is 2. The molecule has 4 nitrogen and oxygen atoms in total. The molecule has 0 saturated heterocycles. The Morgan fingerprint density at radius 3 is 2.38 bits per heavy atom. The van der Waals surface area contributed by atoms with E-state index in [1.165, 1.54) is 20.3 Å². The first kappa shape index (κ1) is 18.1. The first-order valence-corrected chi connectivity index (χ1v) is 7.97. The van der Waals surface area contributed by atoms with Gasteiger partial charge in [-0.3, -0.25) is 4.79 Å². The van der Waals surface area contributed by atoms with Crippen LogP contribution in [0.15, 0.2) is 41.3 Å². The predicted molar refractivity (Wildman–Crippen MR) is 89.9 cm³/mol. The van der Waals surface area contributed by atoms with Gasteiger partial charge in [0.05, 0.1) is 19.5 Å². The number of ether oxygens (including phenoxy) is 2. The molecule has 0 aromatic heterocycles. The highest BCUT2D eigenvalue weighted by molar-refractivity contribution is 8.00. The van der Waals surface area contributed by atoms with E-state index in [0.717, 1.165) is 23.9 Å².